The van der Waals surface area contributed by atoms with Crippen LogP contribution in [0.3, 0.4) is 0 Å². The Bertz CT molecular complexity index is 1540. The molecule has 1 aliphatic rings. The molecule has 0 bridgehead atoms. The summed E-state index contributed by atoms with van der Waals surface area (Å²) in [7, 11) is 0. The van der Waals surface area contributed by atoms with Crippen molar-refractivity contribution in [2.45, 2.75) is 12.7 Å². The molecule has 1 aliphatic heterocycles. The third-order valence-corrected chi connectivity index (χ3v) is 6.13. The summed E-state index contributed by atoms with van der Waals surface area (Å²) in [6.45, 7) is 0.575. The standard InChI is InChI=1S/C27H18F3N3O2S/c28-27(29,30)19-9-6-10-20(14-19)33-25(35)22(24(34)31-26(33)36)13-18-16-32(15-17-7-2-1-3-8-17)23-12-5-4-11-21(18)23/h1-14,16H,15H2,(H,31,34,36)/b22-13+. The first kappa shape index (κ1) is 23.5. The number of carbonyl (C=O) groups excluding carboxylic acids is 2. The Kier molecular flexibility index (Phi) is 5.93. The van der Waals surface area contributed by atoms with Gasteiger partial charge in [-0.3, -0.25) is 19.8 Å². The van der Waals surface area contributed by atoms with Gasteiger partial charge in [0.2, 0.25) is 0 Å². The Labute approximate surface area is 209 Å². The molecule has 2 heterocycles. The molecule has 0 radical (unpaired) electrons. The molecule has 0 atom stereocenters. The summed E-state index contributed by atoms with van der Waals surface area (Å²) < 4.78 is 41.7. The zero-order chi connectivity index (χ0) is 25.4. The Morgan fingerprint density at radius 2 is 1.64 bits per heavy atom. The van der Waals surface area contributed by atoms with Crippen LogP contribution in [-0.4, -0.2) is 21.5 Å². The third kappa shape index (κ3) is 4.40. The monoisotopic (exact) mass is 505 g/mol. The maximum Gasteiger partial charge on any atom is 0.416 e. The summed E-state index contributed by atoms with van der Waals surface area (Å²) in [5.41, 5.74) is 1.35. The van der Waals surface area contributed by atoms with E-state index >= 15 is 0 Å². The van der Waals surface area contributed by atoms with Crippen LogP contribution in [-0.2, 0) is 22.3 Å². The molecule has 5 nitrogen and oxygen atoms in total. The maximum absolute atomic E-state index is 13.4. The number of halogens is 3. The largest absolute Gasteiger partial charge is 0.416 e. The van der Waals surface area contributed by atoms with E-state index < -0.39 is 23.6 Å². The highest BCUT2D eigenvalue weighted by atomic mass is 32.1. The summed E-state index contributed by atoms with van der Waals surface area (Å²) in [6.07, 6.45) is -1.31. The second kappa shape index (κ2) is 9.09. The van der Waals surface area contributed by atoms with Gasteiger partial charge < -0.3 is 4.57 Å². The van der Waals surface area contributed by atoms with E-state index in [1.807, 2.05) is 65.4 Å². The minimum absolute atomic E-state index is 0.0859. The summed E-state index contributed by atoms with van der Waals surface area (Å²) >= 11 is 5.13. The van der Waals surface area contributed by atoms with E-state index in [4.69, 9.17) is 12.2 Å². The van der Waals surface area contributed by atoms with Gasteiger partial charge in [0, 0.05) is 29.2 Å². The number of nitrogens with zero attached hydrogens (tertiary/aromatic N) is 2. The molecule has 1 saturated heterocycles. The molecule has 1 N–H and O–H groups in total. The number of benzene rings is 3. The van der Waals surface area contributed by atoms with Gasteiger partial charge in [-0.05, 0) is 48.1 Å². The SMILES string of the molecule is O=C1NC(=S)N(c2cccc(C(F)(F)F)c2)C(=O)/C1=C/c1cn(Cc2ccccc2)c2ccccc12. The van der Waals surface area contributed by atoms with Gasteiger partial charge in [-0.15, -0.1) is 0 Å². The van der Waals surface area contributed by atoms with E-state index in [1.54, 1.807) is 0 Å². The lowest BCUT2D eigenvalue weighted by molar-refractivity contribution is -0.137. The van der Waals surface area contributed by atoms with E-state index in [0.717, 1.165) is 33.5 Å². The van der Waals surface area contributed by atoms with Gasteiger partial charge in [0.1, 0.15) is 5.57 Å². The summed E-state index contributed by atoms with van der Waals surface area (Å²) in [5.74, 6) is -1.52. The number of nitrogens with one attached hydrogen (secondary N) is 1. The molecule has 180 valence electrons. The summed E-state index contributed by atoms with van der Waals surface area (Å²) in [6, 6.07) is 21.6. The number of para-hydroxylation sites is 1. The number of amides is 2. The fraction of sp³-hybridized carbons (Fsp3) is 0.0741. The zero-order valence-corrected chi connectivity index (χ0v) is 19.4. The highest BCUT2D eigenvalue weighted by molar-refractivity contribution is 7.80. The van der Waals surface area contributed by atoms with Crippen LogP contribution in [0.2, 0.25) is 0 Å². The van der Waals surface area contributed by atoms with Crippen LogP contribution in [0.4, 0.5) is 18.9 Å². The molecular formula is C27H18F3N3O2S. The van der Waals surface area contributed by atoms with Gasteiger partial charge >= 0.3 is 6.18 Å². The Morgan fingerprint density at radius 3 is 2.39 bits per heavy atom. The molecule has 5 rings (SSSR count). The number of hydrogen-bond donors (Lipinski definition) is 1. The van der Waals surface area contributed by atoms with E-state index in [9.17, 15) is 22.8 Å². The van der Waals surface area contributed by atoms with Crippen molar-refractivity contribution in [1.82, 2.24) is 9.88 Å². The highest BCUT2D eigenvalue weighted by Crippen LogP contribution is 2.33. The smallest absolute Gasteiger partial charge is 0.342 e. The average Bonchev–Trinajstić information content (AvgIpc) is 3.19. The molecule has 9 heteroatoms. The van der Waals surface area contributed by atoms with Crippen LogP contribution in [0.15, 0.2) is 90.6 Å². The Balaban J connectivity index is 1.56. The first-order chi connectivity index (χ1) is 17.2. The molecule has 0 saturated carbocycles. The average molecular weight is 506 g/mol. The third-order valence-electron chi connectivity index (χ3n) is 5.85. The van der Waals surface area contributed by atoms with Crippen LogP contribution < -0.4 is 10.2 Å². The number of carbonyl (C=O) groups is 2. The molecule has 2 amide bonds. The molecule has 1 fully saturated rings. The van der Waals surface area contributed by atoms with Crippen molar-refractivity contribution >= 4 is 51.8 Å². The zero-order valence-electron chi connectivity index (χ0n) is 18.6. The van der Waals surface area contributed by atoms with Gasteiger partial charge in [-0.2, -0.15) is 13.2 Å². The molecule has 0 unspecified atom stereocenters. The van der Waals surface area contributed by atoms with Crippen LogP contribution in [0, 0.1) is 0 Å². The lowest BCUT2D eigenvalue weighted by Gasteiger charge is -2.29. The van der Waals surface area contributed by atoms with Gasteiger partial charge in [0.15, 0.2) is 5.11 Å². The minimum Gasteiger partial charge on any atom is -0.342 e. The molecular weight excluding hydrogens is 487 g/mol. The van der Waals surface area contributed by atoms with Crippen molar-refractivity contribution in [2.75, 3.05) is 4.90 Å². The van der Waals surface area contributed by atoms with Crippen molar-refractivity contribution in [2.24, 2.45) is 0 Å². The predicted molar refractivity (Wildman–Crippen MR) is 135 cm³/mol. The van der Waals surface area contributed by atoms with Crippen molar-refractivity contribution in [1.29, 1.82) is 0 Å². The molecule has 0 spiro atoms. The number of alkyl halides is 3. The topological polar surface area (TPSA) is 54.3 Å². The fourth-order valence-corrected chi connectivity index (χ4v) is 4.45. The van der Waals surface area contributed by atoms with E-state index in [-0.39, 0.29) is 16.4 Å². The van der Waals surface area contributed by atoms with Crippen molar-refractivity contribution < 1.29 is 22.8 Å². The van der Waals surface area contributed by atoms with E-state index in [2.05, 4.69) is 5.32 Å². The lowest BCUT2D eigenvalue weighted by Crippen LogP contribution is -2.54. The summed E-state index contributed by atoms with van der Waals surface area (Å²) in [4.78, 5) is 27.0. The quantitative estimate of drug-likeness (QED) is 0.225. The van der Waals surface area contributed by atoms with Crippen LogP contribution >= 0.6 is 12.2 Å². The first-order valence-electron chi connectivity index (χ1n) is 10.9. The second-order valence-electron chi connectivity index (χ2n) is 8.22. The molecule has 1 aromatic heterocycles. The summed E-state index contributed by atoms with van der Waals surface area (Å²) in [5, 5.41) is 2.96. The van der Waals surface area contributed by atoms with Crippen LogP contribution in [0.5, 0.6) is 0 Å². The maximum atomic E-state index is 13.4. The Morgan fingerprint density at radius 1 is 0.917 bits per heavy atom. The van der Waals surface area contributed by atoms with E-state index in [0.29, 0.717) is 12.1 Å². The number of anilines is 1. The number of fused-ring (bicyclic) bond motifs is 1. The van der Waals surface area contributed by atoms with Crippen molar-refractivity contribution in [3.63, 3.8) is 0 Å². The Hall–Kier alpha value is -4.24. The van der Waals surface area contributed by atoms with Gasteiger partial charge in [0.05, 0.1) is 11.3 Å². The van der Waals surface area contributed by atoms with Crippen molar-refractivity contribution in [3.05, 3.63) is 107 Å². The molecule has 3 aromatic carbocycles. The second-order valence-corrected chi connectivity index (χ2v) is 8.61. The molecule has 36 heavy (non-hydrogen) atoms. The predicted octanol–water partition coefficient (Wildman–Crippen LogP) is 5.54. The number of aromatic nitrogens is 1. The van der Waals surface area contributed by atoms with Gasteiger partial charge in [-0.1, -0.05) is 54.6 Å². The van der Waals surface area contributed by atoms with Gasteiger partial charge in [-0.25, -0.2) is 0 Å². The van der Waals surface area contributed by atoms with E-state index in [1.165, 1.54) is 18.2 Å². The normalized spacial score (nSPS) is 15.6. The number of hydrogen-bond acceptors (Lipinski definition) is 3. The highest BCUT2D eigenvalue weighted by Gasteiger charge is 2.36. The fourth-order valence-electron chi connectivity index (χ4n) is 4.17. The van der Waals surface area contributed by atoms with Crippen LogP contribution in [0.25, 0.3) is 17.0 Å². The lowest BCUT2D eigenvalue weighted by atomic mass is 10.1. The molecule has 4 aromatic rings. The van der Waals surface area contributed by atoms with Crippen LogP contribution in [0.1, 0.15) is 16.7 Å². The minimum atomic E-state index is -4.60. The number of rotatable bonds is 4. The molecule has 0 aliphatic carbocycles. The van der Waals surface area contributed by atoms with Crippen molar-refractivity contribution in [3.8, 4) is 0 Å². The first-order valence-corrected chi connectivity index (χ1v) is 11.3. The van der Waals surface area contributed by atoms with Gasteiger partial charge in [0.25, 0.3) is 11.8 Å². The number of thiocarbonyl (C=S) groups is 1.